The van der Waals surface area contributed by atoms with Crippen LogP contribution in [0.25, 0.3) is 11.3 Å². The SMILES string of the molecule is Cc1ccc(N2CC(C(=O)OCc3cc(-c4ccc(Cl)cc4)on3)CC2=O)cc1C. The number of ether oxygens (including phenoxy) is 1. The first-order chi connectivity index (χ1) is 14.4. The van der Waals surface area contributed by atoms with Gasteiger partial charge in [0.25, 0.3) is 0 Å². The minimum atomic E-state index is -0.498. The van der Waals surface area contributed by atoms with Crippen molar-refractivity contribution in [3.8, 4) is 11.3 Å². The molecule has 2 aromatic carbocycles. The molecule has 1 saturated heterocycles. The van der Waals surface area contributed by atoms with Crippen LogP contribution in [0.4, 0.5) is 5.69 Å². The smallest absolute Gasteiger partial charge is 0.311 e. The van der Waals surface area contributed by atoms with Gasteiger partial charge < -0.3 is 14.2 Å². The summed E-state index contributed by atoms with van der Waals surface area (Å²) in [7, 11) is 0. The maximum Gasteiger partial charge on any atom is 0.311 e. The Balaban J connectivity index is 1.36. The Morgan fingerprint density at radius 1 is 1.17 bits per heavy atom. The fourth-order valence-corrected chi connectivity index (χ4v) is 3.53. The van der Waals surface area contributed by atoms with E-state index in [1.165, 1.54) is 0 Å². The number of anilines is 1. The van der Waals surface area contributed by atoms with Crippen LogP contribution in [0.3, 0.4) is 0 Å². The summed E-state index contributed by atoms with van der Waals surface area (Å²) in [4.78, 5) is 26.6. The van der Waals surface area contributed by atoms with Gasteiger partial charge in [-0.25, -0.2) is 0 Å². The number of hydrogen-bond donors (Lipinski definition) is 0. The third-order valence-corrected chi connectivity index (χ3v) is 5.56. The lowest BCUT2D eigenvalue weighted by Crippen LogP contribution is -2.26. The van der Waals surface area contributed by atoms with Gasteiger partial charge in [0.2, 0.25) is 5.91 Å². The molecule has 0 N–H and O–H groups in total. The van der Waals surface area contributed by atoms with Gasteiger partial charge in [-0.05, 0) is 61.4 Å². The lowest BCUT2D eigenvalue weighted by atomic mass is 10.1. The Morgan fingerprint density at radius 3 is 2.67 bits per heavy atom. The van der Waals surface area contributed by atoms with Crippen molar-refractivity contribution in [1.82, 2.24) is 5.16 Å². The Labute approximate surface area is 179 Å². The second-order valence-corrected chi connectivity index (χ2v) is 7.91. The van der Waals surface area contributed by atoms with E-state index in [0.29, 0.717) is 23.0 Å². The van der Waals surface area contributed by atoms with Gasteiger partial charge in [-0.2, -0.15) is 0 Å². The van der Waals surface area contributed by atoms with Crippen LogP contribution >= 0.6 is 11.6 Å². The van der Waals surface area contributed by atoms with Gasteiger partial charge in [0.05, 0.1) is 5.92 Å². The van der Waals surface area contributed by atoms with Gasteiger partial charge in [-0.15, -0.1) is 0 Å². The zero-order chi connectivity index (χ0) is 21.3. The van der Waals surface area contributed by atoms with Gasteiger partial charge >= 0.3 is 5.97 Å². The maximum absolute atomic E-state index is 12.5. The number of halogens is 1. The molecular weight excluding hydrogens is 404 g/mol. The lowest BCUT2D eigenvalue weighted by Gasteiger charge is -2.17. The summed E-state index contributed by atoms with van der Waals surface area (Å²) >= 11 is 5.89. The molecule has 154 valence electrons. The zero-order valence-corrected chi connectivity index (χ0v) is 17.5. The predicted molar refractivity (Wildman–Crippen MR) is 113 cm³/mol. The molecule has 4 rings (SSSR count). The van der Waals surface area contributed by atoms with Crippen molar-refractivity contribution in [2.24, 2.45) is 5.92 Å². The fourth-order valence-electron chi connectivity index (χ4n) is 3.40. The third kappa shape index (κ3) is 4.24. The van der Waals surface area contributed by atoms with Crippen molar-refractivity contribution in [1.29, 1.82) is 0 Å². The normalized spacial score (nSPS) is 16.2. The second-order valence-electron chi connectivity index (χ2n) is 7.47. The third-order valence-electron chi connectivity index (χ3n) is 5.31. The van der Waals surface area contributed by atoms with Crippen molar-refractivity contribution in [3.63, 3.8) is 0 Å². The highest BCUT2D eigenvalue weighted by Gasteiger charge is 2.36. The van der Waals surface area contributed by atoms with E-state index in [1.54, 1.807) is 23.1 Å². The van der Waals surface area contributed by atoms with E-state index in [2.05, 4.69) is 5.16 Å². The molecule has 0 bridgehead atoms. The van der Waals surface area contributed by atoms with Crippen molar-refractivity contribution >= 4 is 29.2 Å². The van der Waals surface area contributed by atoms with E-state index >= 15 is 0 Å². The molecule has 0 saturated carbocycles. The van der Waals surface area contributed by atoms with E-state index in [0.717, 1.165) is 22.4 Å². The van der Waals surface area contributed by atoms with E-state index in [1.807, 2.05) is 44.2 Å². The summed E-state index contributed by atoms with van der Waals surface area (Å²) < 4.78 is 10.7. The molecule has 6 nitrogen and oxygen atoms in total. The molecule has 1 aliphatic rings. The van der Waals surface area contributed by atoms with Gasteiger partial charge in [-0.1, -0.05) is 22.8 Å². The molecule has 1 fully saturated rings. The van der Waals surface area contributed by atoms with Crippen molar-refractivity contribution in [3.05, 3.63) is 70.4 Å². The molecule has 0 spiro atoms. The molecule has 1 aliphatic heterocycles. The van der Waals surface area contributed by atoms with Crippen LogP contribution in [0.1, 0.15) is 23.2 Å². The van der Waals surface area contributed by atoms with Crippen LogP contribution in [-0.2, 0) is 20.9 Å². The fraction of sp³-hybridized carbons (Fsp3) is 0.261. The minimum absolute atomic E-state index is 0.00967. The summed E-state index contributed by atoms with van der Waals surface area (Å²) in [6, 6.07) is 14.7. The summed E-state index contributed by atoms with van der Waals surface area (Å²) in [5, 5.41) is 4.58. The first-order valence-electron chi connectivity index (χ1n) is 9.66. The van der Waals surface area contributed by atoms with Crippen molar-refractivity contribution in [2.75, 3.05) is 11.4 Å². The number of aryl methyl sites for hydroxylation is 2. The Bertz CT molecular complexity index is 1090. The second kappa shape index (κ2) is 8.32. The standard InChI is InChI=1S/C23H21ClN2O4/c1-14-3-8-20(9-15(14)2)26-12-17(10-22(26)27)23(28)29-13-19-11-21(30-25-19)16-4-6-18(24)7-5-16/h3-9,11,17H,10,12-13H2,1-2H3. The first-order valence-corrected chi connectivity index (χ1v) is 10.0. The van der Waals surface area contributed by atoms with E-state index in [9.17, 15) is 9.59 Å². The zero-order valence-electron chi connectivity index (χ0n) is 16.7. The van der Waals surface area contributed by atoms with Crippen LogP contribution in [0, 0.1) is 19.8 Å². The monoisotopic (exact) mass is 424 g/mol. The van der Waals surface area contributed by atoms with Gasteiger partial charge in [-0.3, -0.25) is 9.59 Å². The average Bonchev–Trinajstić information content (AvgIpc) is 3.36. The number of amides is 1. The number of carbonyl (C=O) groups is 2. The quantitative estimate of drug-likeness (QED) is 0.554. The van der Waals surface area contributed by atoms with E-state index in [-0.39, 0.29) is 18.9 Å². The molecular formula is C23H21ClN2O4. The number of nitrogens with zero attached hydrogens (tertiary/aromatic N) is 2. The van der Waals surface area contributed by atoms with Crippen LogP contribution in [0.2, 0.25) is 5.02 Å². The summed E-state index contributed by atoms with van der Waals surface area (Å²) in [6.07, 6.45) is 0.139. The highest BCUT2D eigenvalue weighted by molar-refractivity contribution is 6.30. The number of benzene rings is 2. The van der Waals surface area contributed by atoms with Crippen LogP contribution in [0.5, 0.6) is 0 Å². The van der Waals surface area contributed by atoms with Crippen LogP contribution < -0.4 is 4.90 Å². The van der Waals surface area contributed by atoms with E-state index in [4.69, 9.17) is 20.9 Å². The molecule has 2 heterocycles. The number of aromatic nitrogens is 1. The molecule has 1 atom stereocenters. The highest BCUT2D eigenvalue weighted by Crippen LogP contribution is 2.28. The average molecular weight is 425 g/mol. The summed E-state index contributed by atoms with van der Waals surface area (Å²) in [6.45, 7) is 4.33. The molecule has 3 aromatic rings. The molecule has 0 aliphatic carbocycles. The van der Waals surface area contributed by atoms with Gasteiger partial charge in [0, 0.05) is 35.3 Å². The van der Waals surface area contributed by atoms with Gasteiger partial charge in [0.15, 0.2) is 5.76 Å². The predicted octanol–water partition coefficient (Wildman–Crippen LogP) is 4.71. The molecule has 1 amide bonds. The van der Waals surface area contributed by atoms with E-state index < -0.39 is 11.9 Å². The molecule has 1 aromatic heterocycles. The number of hydrogen-bond acceptors (Lipinski definition) is 5. The number of esters is 1. The number of carbonyl (C=O) groups excluding carboxylic acids is 2. The molecule has 1 unspecified atom stereocenters. The molecule has 7 heteroatoms. The lowest BCUT2D eigenvalue weighted by molar-refractivity contribution is -0.149. The van der Waals surface area contributed by atoms with Crippen molar-refractivity contribution < 1.29 is 18.8 Å². The minimum Gasteiger partial charge on any atom is -0.459 e. The van der Waals surface area contributed by atoms with Crippen LogP contribution in [-0.4, -0.2) is 23.6 Å². The molecule has 0 radical (unpaired) electrons. The topological polar surface area (TPSA) is 72.6 Å². The maximum atomic E-state index is 12.5. The van der Waals surface area contributed by atoms with Crippen molar-refractivity contribution in [2.45, 2.75) is 26.9 Å². The summed E-state index contributed by atoms with van der Waals surface area (Å²) in [5.41, 5.74) is 4.40. The Hall–Kier alpha value is -3.12. The van der Waals surface area contributed by atoms with Gasteiger partial charge in [0.1, 0.15) is 12.3 Å². The Morgan fingerprint density at radius 2 is 1.93 bits per heavy atom. The van der Waals surface area contributed by atoms with Crippen LogP contribution in [0.15, 0.2) is 53.1 Å². The number of rotatable bonds is 5. The Kier molecular flexibility index (Phi) is 5.59. The highest BCUT2D eigenvalue weighted by atomic mass is 35.5. The largest absolute Gasteiger partial charge is 0.459 e. The molecule has 30 heavy (non-hydrogen) atoms. The summed E-state index contributed by atoms with van der Waals surface area (Å²) in [5.74, 6) is -0.422. The first kappa shape index (κ1) is 20.2.